The molecule has 9 heteroatoms. The van der Waals surface area contributed by atoms with Gasteiger partial charge in [-0.25, -0.2) is 12.8 Å². The van der Waals surface area contributed by atoms with E-state index in [4.69, 9.17) is 16.3 Å². The summed E-state index contributed by atoms with van der Waals surface area (Å²) in [5.74, 6) is -0.990. The molecule has 1 N–H and O–H groups in total. The fourth-order valence-corrected chi connectivity index (χ4v) is 4.84. The van der Waals surface area contributed by atoms with Gasteiger partial charge in [0.1, 0.15) is 5.82 Å². The number of hydrogen-bond acceptors (Lipinski definition) is 4. The Morgan fingerprint density at radius 1 is 1.14 bits per heavy atom. The second kappa shape index (κ2) is 8.16. The number of benzene rings is 2. The molecule has 1 amide bonds. The highest BCUT2D eigenvalue weighted by molar-refractivity contribution is 7.89. The highest BCUT2D eigenvalue weighted by Crippen LogP contribution is 2.24. The van der Waals surface area contributed by atoms with Crippen molar-refractivity contribution in [3.8, 4) is 0 Å². The molecule has 1 fully saturated rings. The van der Waals surface area contributed by atoms with Crippen LogP contribution in [-0.2, 0) is 14.8 Å². The van der Waals surface area contributed by atoms with Gasteiger partial charge in [0.25, 0.3) is 5.91 Å². The zero-order valence-electron chi connectivity index (χ0n) is 15.4. The van der Waals surface area contributed by atoms with Crippen molar-refractivity contribution in [1.29, 1.82) is 0 Å². The number of nitrogens with zero attached hydrogens (tertiary/aromatic N) is 1. The predicted molar refractivity (Wildman–Crippen MR) is 105 cm³/mol. The molecule has 2 aromatic carbocycles. The van der Waals surface area contributed by atoms with E-state index in [0.29, 0.717) is 0 Å². The fourth-order valence-electron chi connectivity index (χ4n) is 3.04. The summed E-state index contributed by atoms with van der Waals surface area (Å²) in [6.07, 6.45) is -0.381. The van der Waals surface area contributed by atoms with E-state index >= 15 is 0 Å². The van der Waals surface area contributed by atoms with Crippen molar-refractivity contribution in [2.45, 2.75) is 31.0 Å². The number of rotatable bonds is 4. The van der Waals surface area contributed by atoms with Crippen LogP contribution in [0.15, 0.2) is 47.4 Å². The maximum absolute atomic E-state index is 13.1. The first-order valence-electron chi connectivity index (χ1n) is 8.69. The van der Waals surface area contributed by atoms with Crippen molar-refractivity contribution in [2.75, 3.05) is 18.4 Å². The van der Waals surface area contributed by atoms with Gasteiger partial charge < -0.3 is 10.1 Å². The first-order valence-corrected chi connectivity index (χ1v) is 10.5. The van der Waals surface area contributed by atoms with Crippen molar-refractivity contribution in [3.05, 3.63) is 58.9 Å². The minimum atomic E-state index is -3.68. The number of hydrogen-bond donors (Lipinski definition) is 1. The number of sulfonamides is 1. The molecule has 0 radical (unpaired) electrons. The number of morpholine rings is 1. The molecule has 28 heavy (non-hydrogen) atoms. The van der Waals surface area contributed by atoms with Crippen LogP contribution >= 0.6 is 11.6 Å². The van der Waals surface area contributed by atoms with Crippen molar-refractivity contribution in [1.82, 2.24) is 4.31 Å². The maximum atomic E-state index is 13.1. The Hall–Kier alpha value is -2.00. The zero-order chi connectivity index (χ0) is 20.5. The normalized spacial score (nSPS) is 20.7. The number of carbonyl (C=O) groups is 1. The van der Waals surface area contributed by atoms with Crippen LogP contribution in [0.2, 0.25) is 5.02 Å². The van der Waals surface area contributed by atoms with E-state index in [1.165, 1.54) is 40.7 Å². The third-order valence-corrected chi connectivity index (χ3v) is 6.48. The van der Waals surface area contributed by atoms with Gasteiger partial charge in [0, 0.05) is 18.7 Å². The molecule has 1 heterocycles. The van der Waals surface area contributed by atoms with Gasteiger partial charge >= 0.3 is 0 Å². The van der Waals surface area contributed by atoms with E-state index in [1.807, 2.05) is 13.8 Å². The molecule has 0 aromatic heterocycles. The first kappa shape index (κ1) is 20.7. The highest BCUT2D eigenvalue weighted by atomic mass is 35.5. The molecule has 1 aliphatic heterocycles. The standard InChI is InChI=1S/C19H20ClFN2O4S/c1-12-10-23(11-13(2)27-12)28(25,26)16-6-3-14(4-7-16)19(24)22-18-8-5-15(21)9-17(18)20/h3-9,12-13H,10-11H2,1-2H3,(H,22,24). The van der Waals surface area contributed by atoms with E-state index in [1.54, 1.807) is 0 Å². The topological polar surface area (TPSA) is 75.7 Å². The van der Waals surface area contributed by atoms with Gasteiger partial charge in [-0.15, -0.1) is 0 Å². The lowest BCUT2D eigenvalue weighted by molar-refractivity contribution is -0.0440. The Morgan fingerprint density at radius 2 is 1.75 bits per heavy atom. The van der Waals surface area contributed by atoms with Crippen LogP contribution in [-0.4, -0.2) is 43.9 Å². The lowest BCUT2D eigenvalue weighted by Crippen LogP contribution is -2.48. The van der Waals surface area contributed by atoms with E-state index in [0.717, 1.165) is 6.07 Å². The molecular weight excluding hydrogens is 407 g/mol. The number of carbonyl (C=O) groups excluding carboxylic acids is 1. The molecule has 1 aliphatic rings. The summed E-state index contributed by atoms with van der Waals surface area (Å²) in [6.45, 7) is 4.20. The van der Waals surface area contributed by atoms with E-state index in [9.17, 15) is 17.6 Å². The summed E-state index contributed by atoms with van der Waals surface area (Å²) in [6, 6.07) is 9.26. The Bertz CT molecular complexity index is 972. The average Bonchev–Trinajstić information content (AvgIpc) is 2.63. The molecule has 2 unspecified atom stereocenters. The van der Waals surface area contributed by atoms with E-state index in [-0.39, 0.29) is 46.5 Å². The van der Waals surface area contributed by atoms with Crippen LogP contribution in [0, 0.1) is 5.82 Å². The summed E-state index contributed by atoms with van der Waals surface area (Å²) in [4.78, 5) is 12.5. The van der Waals surface area contributed by atoms with Crippen LogP contribution < -0.4 is 5.32 Å². The van der Waals surface area contributed by atoms with Crippen LogP contribution in [0.5, 0.6) is 0 Å². The fraction of sp³-hybridized carbons (Fsp3) is 0.316. The molecule has 0 spiro atoms. The SMILES string of the molecule is CC1CN(S(=O)(=O)c2ccc(C(=O)Nc3ccc(F)cc3Cl)cc2)CC(C)O1. The van der Waals surface area contributed by atoms with Gasteiger partial charge in [-0.1, -0.05) is 11.6 Å². The van der Waals surface area contributed by atoms with Gasteiger partial charge in [-0.2, -0.15) is 4.31 Å². The summed E-state index contributed by atoms with van der Waals surface area (Å²) >= 11 is 5.91. The molecule has 3 rings (SSSR count). The van der Waals surface area contributed by atoms with Crippen molar-refractivity contribution in [2.24, 2.45) is 0 Å². The van der Waals surface area contributed by atoms with Gasteiger partial charge in [-0.3, -0.25) is 4.79 Å². The van der Waals surface area contributed by atoms with Crippen molar-refractivity contribution >= 4 is 33.2 Å². The second-order valence-corrected chi connectivity index (χ2v) is 9.03. The number of nitrogens with one attached hydrogen (secondary N) is 1. The number of amides is 1. The molecule has 0 saturated carbocycles. The van der Waals surface area contributed by atoms with E-state index < -0.39 is 21.7 Å². The summed E-state index contributed by atoms with van der Waals surface area (Å²) in [5.41, 5.74) is 0.518. The monoisotopic (exact) mass is 426 g/mol. The summed E-state index contributed by atoms with van der Waals surface area (Å²) < 4.78 is 45.8. The van der Waals surface area contributed by atoms with E-state index in [2.05, 4.69) is 5.32 Å². The van der Waals surface area contributed by atoms with Crippen LogP contribution in [0.25, 0.3) is 0 Å². The van der Waals surface area contributed by atoms with Crippen molar-refractivity contribution in [3.63, 3.8) is 0 Å². The molecule has 1 saturated heterocycles. The van der Waals surface area contributed by atoms with Crippen LogP contribution in [0.4, 0.5) is 10.1 Å². The second-order valence-electron chi connectivity index (χ2n) is 6.68. The summed E-state index contributed by atoms with van der Waals surface area (Å²) in [7, 11) is -3.68. The first-order chi connectivity index (χ1) is 13.2. The zero-order valence-corrected chi connectivity index (χ0v) is 16.9. The molecular formula is C19H20ClFN2O4S. The highest BCUT2D eigenvalue weighted by Gasteiger charge is 2.32. The predicted octanol–water partition coefficient (Wildman–Crippen LogP) is 3.53. The lowest BCUT2D eigenvalue weighted by Gasteiger charge is -2.34. The Balaban J connectivity index is 1.76. The van der Waals surface area contributed by atoms with Crippen LogP contribution in [0.3, 0.4) is 0 Å². The molecule has 150 valence electrons. The lowest BCUT2D eigenvalue weighted by atomic mass is 10.2. The van der Waals surface area contributed by atoms with Gasteiger partial charge in [0.15, 0.2) is 0 Å². The van der Waals surface area contributed by atoms with Gasteiger partial charge in [0.2, 0.25) is 10.0 Å². The minimum Gasteiger partial charge on any atom is -0.373 e. The number of anilines is 1. The quantitative estimate of drug-likeness (QED) is 0.811. The summed E-state index contributed by atoms with van der Waals surface area (Å²) in [5, 5.41) is 2.65. The van der Waals surface area contributed by atoms with Gasteiger partial charge in [0.05, 0.1) is 27.8 Å². The molecule has 0 aliphatic carbocycles. The molecule has 0 bridgehead atoms. The number of ether oxygens (including phenoxy) is 1. The van der Waals surface area contributed by atoms with Crippen molar-refractivity contribution < 1.29 is 22.3 Å². The largest absolute Gasteiger partial charge is 0.373 e. The smallest absolute Gasteiger partial charge is 0.255 e. The number of halogens is 2. The Morgan fingerprint density at radius 3 is 2.32 bits per heavy atom. The molecule has 2 atom stereocenters. The minimum absolute atomic E-state index is 0.0723. The average molecular weight is 427 g/mol. The third-order valence-electron chi connectivity index (χ3n) is 4.32. The maximum Gasteiger partial charge on any atom is 0.255 e. The molecule has 2 aromatic rings. The van der Waals surface area contributed by atoms with Gasteiger partial charge in [-0.05, 0) is 56.3 Å². The molecule has 6 nitrogen and oxygen atoms in total. The Labute approximate surface area is 168 Å². The third kappa shape index (κ3) is 4.52. The Kier molecular flexibility index (Phi) is 6.04. The van der Waals surface area contributed by atoms with Crippen LogP contribution in [0.1, 0.15) is 24.2 Å².